The molecule has 1 saturated carbocycles. The largest absolute Gasteiger partial charge is 0.441 e. The van der Waals surface area contributed by atoms with Crippen LogP contribution in [-0.2, 0) is 4.74 Å². The van der Waals surface area contributed by atoms with Crippen LogP contribution in [0, 0.1) is 11.8 Å². The summed E-state index contributed by atoms with van der Waals surface area (Å²) in [5, 5.41) is 7.05. The monoisotopic (exact) mass is 464 g/mol. The summed E-state index contributed by atoms with van der Waals surface area (Å²) in [6, 6.07) is 7.35. The summed E-state index contributed by atoms with van der Waals surface area (Å²) in [5.74, 6) is 0.647. The molecule has 3 atom stereocenters. The van der Waals surface area contributed by atoms with E-state index in [4.69, 9.17) is 22.1 Å². The number of hydrogen-bond acceptors (Lipinski definition) is 4. The molecule has 1 aliphatic heterocycles. The van der Waals surface area contributed by atoms with Crippen molar-refractivity contribution in [1.29, 1.82) is 0 Å². The highest BCUT2D eigenvalue weighted by Gasteiger charge is 2.33. The van der Waals surface area contributed by atoms with E-state index in [2.05, 4.69) is 10.6 Å². The second-order valence-electron chi connectivity index (χ2n) is 9.20. The predicted octanol–water partition coefficient (Wildman–Crippen LogP) is 4.46. The van der Waals surface area contributed by atoms with Crippen molar-refractivity contribution < 1.29 is 14.3 Å². The summed E-state index contributed by atoms with van der Waals surface area (Å²) in [6.45, 7) is 1.96. The number of urea groups is 1. The Morgan fingerprint density at radius 1 is 1.22 bits per heavy atom. The molecule has 8 heteroatoms. The lowest BCUT2D eigenvalue weighted by atomic mass is 9.85. The second-order valence-corrected chi connectivity index (χ2v) is 9.64. The fourth-order valence-electron chi connectivity index (χ4n) is 5.22. The van der Waals surface area contributed by atoms with Crippen LogP contribution in [0.2, 0.25) is 5.02 Å². The number of halogens is 1. The SMILES string of the molecule is CNC[C@H](CC1CCCCC1)NC(=O)N1CCC[C@@H](C(OC(N)=O)c2cccc(Cl)c2)C1. The molecule has 1 heterocycles. The number of nitrogens with two attached hydrogens (primary N) is 1. The van der Waals surface area contributed by atoms with Gasteiger partial charge in [0.25, 0.3) is 0 Å². The summed E-state index contributed by atoms with van der Waals surface area (Å²) >= 11 is 6.16. The molecule has 1 aromatic carbocycles. The first-order valence-electron chi connectivity index (χ1n) is 11.9. The fourth-order valence-corrected chi connectivity index (χ4v) is 5.42. The lowest BCUT2D eigenvalue weighted by Crippen LogP contribution is -2.52. The zero-order valence-electron chi connectivity index (χ0n) is 19.0. The summed E-state index contributed by atoms with van der Waals surface area (Å²) in [7, 11) is 1.92. The topological polar surface area (TPSA) is 96.7 Å². The average molecular weight is 465 g/mol. The van der Waals surface area contributed by atoms with Crippen LogP contribution in [0.1, 0.15) is 63.0 Å². The Morgan fingerprint density at radius 3 is 2.69 bits per heavy atom. The van der Waals surface area contributed by atoms with Gasteiger partial charge >= 0.3 is 12.1 Å². The summed E-state index contributed by atoms with van der Waals surface area (Å²) in [4.78, 5) is 26.6. The van der Waals surface area contributed by atoms with Gasteiger partial charge in [-0.15, -0.1) is 0 Å². The first kappa shape index (κ1) is 24.6. The van der Waals surface area contributed by atoms with Gasteiger partial charge in [0.1, 0.15) is 6.10 Å². The molecule has 0 bridgehead atoms. The Balaban J connectivity index is 1.64. The highest BCUT2D eigenvalue weighted by molar-refractivity contribution is 6.30. The standard InChI is InChI=1S/C24H37ClN4O3/c1-27-15-21(13-17-7-3-2-4-8-17)28-24(31)29-12-6-10-19(16-29)22(32-23(26)30)18-9-5-11-20(25)14-18/h5,9,11,14,17,19,21-22,27H,2-4,6-8,10,12-13,15-16H2,1H3,(H2,26,30)(H,28,31)/t19-,21+,22?/m1/s1. The van der Waals surface area contributed by atoms with Gasteiger partial charge < -0.3 is 26.0 Å². The third-order valence-electron chi connectivity index (χ3n) is 6.71. The van der Waals surface area contributed by atoms with Gasteiger partial charge in [-0.1, -0.05) is 55.8 Å². The van der Waals surface area contributed by atoms with Crippen LogP contribution in [-0.4, -0.2) is 49.7 Å². The molecule has 1 aromatic rings. The average Bonchev–Trinajstić information content (AvgIpc) is 2.78. The number of likely N-dealkylation sites (tertiary alicyclic amines) is 1. The number of amides is 3. The highest BCUT2D eigenvalue weighted by atomic mass is 35.5. The summed E-state index contributed by atoms with van der Waals surface area (Å²) in [5.41, 5.74) is 6.16. The van der Waals surface area contributed by atoms with Crippen LogP contribution in [0.25, 0.3) is 0 Å². The van der Waals surface area contributed by atoms with Crippen molar-refractivity contribution in [2.45, 2.75) is 63.5 Å². The molecule has 0 aromatic heterocycles. The number of nitrogens with one attached hydrogen (secondary N) is 2. The molecule has 1 unspecified atom stereocenters. The number of benzene rings is 1. The number of piperidine rings is 1. The zero-order chi connectivity index (χ0) is 22.9. The van der Waals surface area contributed by atoms with Gasteiger partial charge in [-0.2, -0.15) is 0 Å². The van der Waals surface area contributed by atoms with Gasteiger partial charge in [-0.3, -0.25) is 0 Å². The van der Waals surface area contributed by atoms with Crippen LogP contribution in [0.4, 0.5) is 9.59 Å². The van der Waals surface area contributed by atoms with E-state index in [1.54, 1.807) is 12.1 Å². The number of primary amides is 1. The van der Waals surface area contributed by atoms with Crippen molar-refractivity contribution in [1.82, 2.24) is 15.5 Å². The Labute approximate surface area is 196 Å². The summed E-state index contributed by atoms with van der Waals surface area (Å²) < 4.78 is 5.49. The van der Waals surface area contributed by atoms with Crippen molar-refractivity contribution in [2.75, 3.05) is 26.7 Å². The molecule has 2 aliphatic rings. The fraction of sp³-hybridized carbons (Fsp3) is 0.667. The maximum Gasteiger partial charge on any atom is 0.405 e. The molecule has 2 fully saturated rings. The number of hydrogen-bond donors (Lipinski definition) is 3. The zero-order valence-corrected chi connectivity index (χ0v) is 19.8. The van der Waals surface area contributed by atoms with Crippen LogP contribution in [0.3, 0.4) is 0 Å². The van der Waals surface area contributed by atoms with E-state index >= 15 is 0 Å². The van der Waals surface area contributed by atoms with E-state index in [1.165, 1.54) is 32.1 Å². The van der Waals surface area contributed by atoms with Gasteiger partial charge in [0.05, 0.1) is 0 Å². The van der Waals surface area contributed by atoms with Crippen molar-refractivity contribution in [3.05, 3.63) is 34.9 Å². The molecular weight excluding hydrogens is 428 g/mol. The molecule has 32 heavy (non-hydrogen) atoms. The minimum absolute atomic E-state index is 0.0402. The van der Waals surface area contributed by atoms with E-state index < -0.39 is 12.2 Å². The van der Waals surface area contributed by atoms with Crippen LogP contribution in [0.15, 0.2) is 24.3 Å². The second kappa shape index (κ2) is 12.3. The molecule has 4 N–H and O–H groups in total. The normalized spacial score (nSPS) is 21.6. The molecule has 3 amide bonds. The molecule has 0 spiro atoms. The van der Waals surface area contributed by atoms with Gasteiger partial charge in [-0.25, -0.2) is 9.59 Å². The maximum absolute atomic E-state index is 13.1. The van der Waals surface area contributed by atoms with Crippen LogP contribution in [0.5, 0.6) is 0 Å². The third-order valence-corrected chi connectivity index (χ3v) is 6.95. The summed E-state index contributed by atoms with van der Waals surface area (Å²) in [6.07, 6.45) is 7.78. The third kappa shape index (κ3) is 7.27. The molecule has 3 rings (SSSR count). The highest BCUT2D eigenvalue weighted by Crippen LogP contribution is 2.34. The minimum Gasteiger partial charge on any atom is -0.441 e. The van der Waals surface area contributed by atoms with E-state index in [-0.39, 0.29) is 18.0 Å². The first-order chi connectivity index (χ1) is 15.5. The van der Waals surface area contributed by atoms with E-state index in [0.29, 0.717) is 24.0 Å². The number of carbonyl (C=O) groups excluding carboxylic acids is 2. The van der Waals surface area contributed by atoms with E-state index in [9.17, 15) is 9.59 Å². The molecular formula is C24H37ClN4O3. The van der Waals surface area contributed by atoms with Crippen molar-refractivity contribution in [2.24, 2.45) is 17.6 Å². The first-order valence-corrected chi connectivity index (χ1v) is 12.3. The van der Waals surface area contributed by atoms with Crippen LogP contribution < -0.4 is 16.4 Å². The quantitative estimate of drug-likeness (QED) is 0.529. The molecule has 1 saturated heterocycles. The maximum atomic E-state index is 13.1. The number of nitrogens with zero attached hydrogens (tertiary/aromatic N) is 1. The van der Waals surface area contributed by atoms with E-state index in [1.807, 2.05) is 24.1 Å². The number of likely N-dealkylation sites (N-methyl/N-ethyl adjacent to an activating group) is 1. The molecule has 7 nitrogen and oxygen atoms in total. The Kier molecular flexibility index (Phi) is 9.48. The number of carbonyl (C=O) groups is 2. The van der Waals surface area contributed by atoms with Crippen molar-refractivity contribution in [3.8, 4) is 0 Å². The van der Waals surface area contributed by atoms with Gasteiger partial charge in [-0.05, 0) is 49.9 Å². The van der Waals surface area contributed by atoms with Crippen molar-refractivity contribution >= 4 is 23.7 Å². The minimum atomic E-state index is -0.821. The van der Waals surface area contributed by atoms with Gasteiger partial charge in [0, 0.05) is 36.6 Å². The van der Waals surface area contributed by atoms with Gasteiger partial charge in [0.15, 0.2) is 0 Å². The number of rotatable bonds is 8. The molecule has 1 aliphatic carbocycles. The lowest BCUT2D eigenvalue weighted by molar-refractivity contribution is 0.0391. The molecule has 0 radical (unpaired) electrons. The smallest absolute Gasteiger partial charge is 0.405 e. The lowest BCUT2D eigenvalue weighted by Gasteiger charge is -2.37. The van der Waals surface area contributed by atoms with Crippen LogP contribution >= 0.6 is 11.6 Å². The Morgan fingerprint density at radius 2 is 2.00 bits per heavy atom. The number of ether oxygens (including phenoxy) is 1. The Bertz CT molecular complexity index is 757. The molecule has 178 valence electrons. The van der Waals surface area contributed by atoms with E-state index in [0.717, 1.165) is 31.4 Å². The van der Waals surface area contributed by atoms with Crippen molar-refractivity contribution in [3.63, 3.8) is 0 Å². The predicted molar refractivity (Wildman–Crippen MR) is 127 cm³/mol. The van der Waals surface area contributed by atoms with Gasteiger partial charge in [0.2, 0.25) is 0 Å². The Hall–Kier alpha value is -1.99.